The number of morpholine rings is 1. The van der Waals surface area contributed by atoms with E-state index in [1.54, 1.807) is 0 Å². The van der Waals surface area contributed by atoms with Gasteiger partial charge in [0.2, 0.25) is 0 Å². The van der Waals surface area contributed by atoms with Crippen LogP contribution in [0.5, 0.6) is 0 Å². The maximum absolute atomic E-state index is 11.9. The topological polar surface area (TPSA) is 67.4 Å². The Morgan fingerprint density at radius 2 is 2.29 bits per heavy atom. The predicted molar refractivity (Wildman–Crippen MR) is 45.5 cm³/mol. The molecule has 84 valence electrons. The van der Waals surface area contributed by atoms with Crippen molar-refractivity contribution in [1.29, 1.82) is 0 Å². The molecule has 0 spiro atoms. The fourth-order valence-electron chi connectivity index (χ4n) is 1.03. The monoisotopic (exact) mass is 230 g/mol. The second-order valence-electron chi connectivity index (χ2n) is 2.88. The van der Waals surface area contributed by atoms with Crippen molar-refractivity contribution in [3.8, 4) is 0 Å². The first-order valence-electron chi connectivity index (χ1n) is 4.10. The van der Waals surface area contributed by atoms with Crippen molar-refractivity contribution >= 4 is 10.0 Å². The van der Waals surface area contributed by atoms with Gasteiger partial charge in [-0.05, 0) is 0 Å². The quantitative estimate of drug-likeness (QED) is 0.658. The minimum atomic E-state index is -4.48. The second kappa shape index (κ2) is 4.96. The maximum atomic E-state index is 11.9. The summed E-state index contributed by atoms with van der Waals surface area (Å²) in [6.45, 7) is 1.40. The van der Waals surface area contributed by atoms with Gasteiger partial charge in [-0.2, -0.15) is 8.78 Å². The third kappa shape index (κ3) is 3.45. The van der Waals surface area contributed by atoms with Gasteiger partial charge in [0.25, 0.3) is 10.0 Å². The molecule has 1 aliphatic rings. The summed E-state index contributed by atoms with van der Waals surface area (Å²) in [6, 6.07) is -0.239. The highest BCUT2D eigenvalue weighted by Gasteiger charge is 2.25. The molecule has 0 radical (unpaired) electrons. The Labute approximate surface area is 80.9 Å². The molecule has 1 aliphatic heterocycles. The molecule has 5 nitrogen and oxygen atoms in total. The molecule has 1 saturated heterocycles. The smallest absolute Gasteiger partial charge is 0.350 e. The van der Waals surface area contributed by atoms with Gasteiger partial charge in [-0.15, -0.1) is 0 Å². The first-order valence-corrected chi connectivity index (χ1v) is 5.65. The van der Waals surface area contributed by atoms with Gasteiger partial charge in [-0.25, -0.2) is 13.1 Å². The Kier molecular flexibility index (Phi) is 4.17. The van der Waals surface area contributed by atoms with Gasteiger partial charge in [0.15, 0.2) is 0 Å². The summed E-state index contributed by atoms with van der Waals surface area (Å²) in [7, 11) is -4.48. The molecule has 1 atom stereocenters. The van der Waals surface area contributed by atoms with E-state index in [1.807, 2.05) is 4.72 Å². The highest BCUT2D eigenvalue weighted by molar-refractivity contribution is 7.89. The van der Waals surface area contributed by atoms with Gasteiger partial charge in [0.1, 0.15) is 0 Å². The summed E-state index contributed by atoms with van der Waals surface area (Å²) in [5.74, 6) is -3.38. The molecule has 1 heterocycles. The van der Waals surface area contributed by atoms with Crippen LogP contribution in [0.1, 0.15) is 0 Å². The lowest BCUT2D eigenvalue weighted by Gasteiger charge is -2.23. The molecule has 1 unspecified atom stereocenters. The number of halogens is 2. The van der Waals surface area contributed by atoms with Crippen molar-refractivity contribution in [2.24, 2.45) is 0 Å². The molecular formula is C6H12F2N2O3S. The molecule has 2 N–H and O–H groups in total. The van der Waals surface area contributed by atoms with Crippen LogP contribution in [0.2, 0.25) is 0 Å². The van der Waals surface area contributed by atoms with E-state index in [2.05, 4.69) is 5.32 Å². The van der Waals surface area contributed by atoms with Crippen molar-refractivity contribution < 1.29 is 21.9 Å². The minimum absolute atomic E-state index is 0.0767. The van der Waals surface area contributed by atoms with Crippen LogP contribution in [0.4, 0.5) is 8.78 Å². The molecule has 0 aromatic heterocycles. The lowest BCUT2D eigenvalue weighted by molar-refractivity contribution is 0.0782. The average molecular weight is 230 g/mol. The summed E-state index contributed by atoms with van der Waals surface area (Å²) in [6.07, 6.45) is 0. The highest BCUT2D eigenvalue weighted by Crippen LogP contribution is 2.02. The van der Waals surface area contributed by atoms with E-state index in [0.29, 0.717) is 19.8 Å². The van der Waals surface area contributed by atoms with E-state index in [-0.39, 0.29) is 12.6 Å². The van der Waals surface area contributed by atoms with Crippen molar-refractivity contribution in [2.75, 3.05) is 26.3 Å². The van der Waals surface area contributed by atoms with Gasteiger partial charge in [0.05, 0.1) is 13.2 Å². The number of hydrogen-bond donors (Lipinski definition) is 2. The van der Waals surface area contributed by atoms with E-state index in [0.717, 1.165) is 0 Å². The van der Waals surface area contributed by atoms with E-state index in [4.69, 9.17) is 4.74 Å². The van der Waals surface area contributed by atoms with E-state index in [1.165, 1.54) is 0 Å². The molecule has 0 aromatic carbocycles. The molecule has 0 aromatic rings. The van der Waals surface area contributed by atoms with Crippen LogP contribution in [0, 0.1) is 0 Å². The number of nitrogens with one attached hydrogen (secondary N) is 2. The van der Waals surface area contributed by atoms with Gasteiger partial charge in [-0.3, -0.25) is 0 Å². The van der Waals surface area contributed by atoms with E-state index < -0.39 is 15.8 Å². The Balaban J connectivity index is 2.32. The van der Waals surface area contributed by atoms with Gasteiger partial charge >= 0.3 is 5.76 Å². The zero-order chi connectivity index (χ0) is 10.6. The van der Waals surface area contributed by atoms with Crippen LogP contribution in [0.25, 0.3) is 0 Å². The van der Waals surface area contributed by atoms with Gasteiger partial charge in [0, 0.05) is 19.1 Å². The Hall–Kier alpha value is -0.310. The fourth-order valence-corrected chi connectivity index (χ4v) is 1.59. The van der Waals surface area contributed by atoms with E-state index in [9.17, 15) is 17.2 Å². The number of ether oxygens (including phenoxy) is 1. The zero-order valence-corrected chi connectivity index (χ0v) is 8.19. The van der Waals surface area contributed by atoms with Crippen LogP contribution in [0.3, 0.4) is 0 Å². The minimum Gasteiger partial charge on any atom is -0.378 e. The normalized spacial score (nSPS) is 24.1. The summed E-state index contributed by atoms with van der Waals surface area (Å²) in [4.78, 5) is 0. The molecule has 0 bridgehead atoms. The Bertz CT molecular complexity index is 264. The first kappa shape index (κ1) is 11.8. The maximum Gasteiger partial charge on any atom is 0.350 e. The summed E-state index contributed by atoms with van der Waals surface area (Å²) in [5.41, 5.74) is 0. The third-order valence-corrected chi connectivity index (χ3v) is 2.80. The zero-order valence-electron chi connectivity index (χ0n) is 7.37. The summed E-state index contributed by atoms with van der Waals surface area (Å²) in [5, 5.41) is 2.93. The Morgan fingerprint density at radius 1 is 1.57 bits per heavy atom. The molecule has 1 fully saturated rings. The second-order valence-corrected chi connectivity index (χ2v) is 4.62. The van der Waals surface area contributed by atoms with Gasteiger partial charge in [-0.1, -0.05) is 0 Å². The van der Waals surface area contributed by atoms with Crippen molar-refractivity contribution in [3.63, 3.8) is 0 Å². The predicted octanol–water partition coefficient (Wildman–Crippen LogP) is -0.883. The summed E-state index contributed by atoms with van der Waals surface area (Å²) >= 11 is 0. The Morgan fingerprint density at radius 3 is 2.79 bits per heavy atom. The first-order chi connectivity index (χ1) is 6.52. The fraction of sp³-hybridized carbons (Fsp3) is 1.00. The van der Waals surface area contributed by atoms with Crippen LogP contribution in [-0.2, 0) is 14.8 Å². The molecule has 0 aliphatic carbocycles. The molecule has 14 heavy (non-hydrogen) atoms. The molecular weight excluding hydrogens is 218 g/mol. The highest BCUT2D eigenvalue weighted by atomic mass is 32.2. The molecule has 8 heteroatoms. The lowest BCUT2D eigenvalue weighted by atomic mass is 10.3. The SMILES string of the molecule is O=S(=O)(NCC1COCCN1)C(F)F. The number of alkyl halides is 2. The molecule has 1 rings (SSSR count). The lowest BCUT2D eigenvalue weighted by Crippen LogP contribution is -2.49. The van der Waals surface area contributed by atoms with Crippen LogP contribution < -0.4 is 10.0 Å². The van der Waals surface area contributed by atoms with Crippen LogP contribution in [-0.4, -0.2) is 46.5 Å². The summed E-state index contributed by atoms with van der Waals surface area (Å²) < 4.78 is 51.8. The number of sulfonamides is 1. The molecule has 0 amide bonds. The largest absolute Gasteiger partial charge is 0.378 e. The number of rotatable bonds is 4. The third-order valence-electron chi connectivity index (χ3n) is 1.76. The molecule has 0 saturated carbocycles. The number of hydrogen-bond acceptors (Lipinski definition) is 4. The van der Waals surface area contributed by atoms with Crippen molar-refractivity contribution in [1.82, 2.24) is 10.0 Å². The van der Waals surface area contributed by atoms with Crippen LogP contribution in [0.15, 0.2) is 0 Å². The average Bonchev–Trinajstić information content (AvgIpc) is 2.16. The van der Waals surface area contributed by atoms with Crippen molar-refractivity contribution in [3.05, 3.63) is 0 Å². The van der Waals surface area contributed by atoms with Gasteiger partial charge < -0.3 is 10.1 Å². The standard InChI is InChI=1S/C6H12F2N2O3S/c7-6(8)14(11,12)10-3-5-4-13-2-1-9-5/h5-6,9-10H,1-4H2. The van der Waals surface area contributed by atoms with E-state index >= 15 is 0 Å². The van der Waals surface area contributed by atoms with Crippen molar-refractivity contribution in [2.45, 2.75) is 11.8 Å². The van der Waals surface area contributed by atoms with Crippen LogP contribution >= 0.6 is 0 Å².